The summed E-state index contributed by atoms with van der Waals surface area (Å²) in [5.41, 5.74) is -1.69. The summed E-state index contributed by atoms with van der Waals surface area (Å²) in [6, 6.07) is 2.05. The maximum Gasteiger partial charge on any atom is 0.337 e. The van der Waals surface area contributed by atoms with Crippen LogP contribution < -0.4 is 0 Å². The molecule has 1 aromatic rings. The van der Waals surface area contributed by atoms with Crippen molar-refractivity contribution in [2.24, 2.45) is 0 Å². The molecular weight excluding hydrogens is 302 g/mol. The summed E-state index contributed by atoms with van der Waals surface area (Å²) in [6.45, 7) is 1.62. The Morgan fingerprint density at radius 2 is 1.91 bits per heavy atom. The van der Waals surface area contributed by atoms with Gasteiger partial charge in [-0.05, 0) is 31.4 Å². The number of alkyl halides is 4. The number of rotatable bonds is 3. The van der Waals surface area contributed by atoms with E-state index in [0.717, 1.165) is 12.1 Å². The van der Waals surface area contributed by atoms with Crippen molar-refractivity contribution >= 4 is 5.97 Å². The first-order valence-corrected chi connectivity index (χ1v) is 7.05. The molecule has 1 N–H and O–H groups in total. The van der Waals surface area contributed by atoms with Crippen LogP contribution in [0, 0.1) is 0 Å². The van der Waals surface area contributed by atoms with Crippen LogP contribution in [0.3, 0.4) is 0 Å². The fourth-order valence-electron chi connectivity index (χ4n) is 2.91. The molecule has 1 atom stereocenters. The van der Waals surface area contributed by atoms with E-state index >= 15 is 0 Å². The molecule has 0 aromatic carbocycles. The number of aromatic nitrogens is 1. The number of carboxylic acids is 1. The van der Waals surface area contributed by atoms with Crippen LogP contribution in [0.1, 0.15) is 67.2 Å². The van der Waals surface area contributed by atoms with E-state index < -0.39 is 35.8 Å². The predicted molar refractivity (Wildman–Crippen MR) is 71.5 cm³/mol. The van der Waals surface area contributed by atoms with Gasteiger partial charge in [0.2, 0.25) is 5.92 Å². The van der Waals surface area contributed by atoms with Crippen LogP contribution in [0.4, 0.5) is 17.6 Å². The average Bonchev–Trinajstić information content (AvgIpc) is 2.57. The van der Waals surface area contributed by atoms with Gasteiger partial charge in [-0.1, -0.05) is 6.92 Å². The summed E-state index contributed by atoms with van der Waals surface area (Å²) < 4.78 is 52.8. The lowest BCUT2D eigenvalue weighted by molar-refractivity contribution is -0.0152. The van der Waals surface area contributed by atoms with E-state index in [4.69, 9.17) is 0 Å². The molecule has 0 bridgehead atoms. The third-order valence-electron chi connectivity index (χ3n) is 4.26. The van der Waals surface area contributed by atoms with Crippen LogP contribution in [-0.4, -0.2) is 22.0 Å². The number of carbonyl (C=O) groups is 1. The van der Waals surface area contributed by atoms with Gasteiger partial charge >= 0.3 is 5.97 Å². The summed E-state index contributed by atoms with van der Waals surface area (Å²) in [4.78, 5) is 15.1. The van der Waals surface area contributed by atoms with Gasteiger partial charge in [0.25, 0.3) is 6.43 Å². The minimum Gasteiger partial charge on any atom is -0.478 e. The number of pyridine rings is 1. The van der Waals surface area contributed by atoms with Crippen LogP contribution >= 0.6 is 0 Å². The van der Waals surface area contributed by atoms with E-state index in [1.165, 1.54) is 0 Å². The van der Waals surface area contributed by atoms with E-state index in [2.05, 4.69) is 4.98 Å². The summed E-state index contributed by atoms with van der Waals surface area (Å²) in [7, 11) is 0. The number of carboxylic acid groups (broad SMARTS) is 1. The normalized spacial score (nSPS) is 25.0. The fraction of sp³-hybridized carbons (Fsp3) is 0.600. The molecular formula is C15H17F4NO2. The molecule has 1 aliphatic carbocycles. The molecule has 1 aromatic heterocycles. The summed E-state index contributed by atoms with van der Waals surface area (Å²) >= 11 is 0. The summed E-state index contributed by atoms with van der Waals surface area (Å²) in [5.74, 6) is -4.10. The van der Waals surface area contributed by atoms with Gasteiger partial charge in [-0.15, -0.1) is 0 Å². The highest BCUT2D eigenvalue weighted by atomic mass is 19.3. The molecule has 1 saturated carbocycles. The van der Waals surface area contributed by atoms with E-state index in [1.54, 1.807) is 6.92 Å². The monoisotopic (exact) mass is 319 g/mol. The van der Waals surface area contributed by atoms with Crippen molar-refractivity contribution in [2.75, 3.05) is 0 Å². The van der Waals surface area contributed by atoms with E-state index in [9.17, 15) is 27.5 Å². The lowest BCUT2D eigenvalue weighted by Crippen LogP contribution is -2.27. The first-order chi connectivity index (χ1) is 10.1. The van der Waals surface area contributed by atoms with E-state index in [-0.39, 0.29) is 30.5 Å². The molecule has 0 amide bonds. The zero-order chi connectivity index (χ0) is 16.5. The molecule has 1 aliphatic rings. The Balaban J connectivity index is 2.48. The van der Waals surface area contributed by atoms with Crippen molar-refractivity contribution in [1.29, 1.82) is 0 Å². The van der Waals surface area contributed by atoms with Gasteiger partial charge < -0.3 is 5.11 Å². The maximum absolute atomic E-state index is 13.5. The molecule has 0 spiro atoms. The Labute approximate surface area is 125 Å². The lowest BCUT2D eigenvalue weighted by Gasteiger charge is -2.29. The average molecular weight is 319 g/mol. The SMILES string of the molecule is CC1(c2nc(C(F)F)ccc2C(=O)O)CCCC(F)(F)CC1. The highest BCUT2D eigenvalue weighted by molar-refractivity contribution is 5.89. The number of hydrogen-bond donors (Lipinski definition) is 1. The molecule has 1 heterocycles. The Bertz CT molecular complexity index is 577. The second-order valence-electron chi connectivity index (χ2n) is 6.01. The van der Waals surface area contributed by atoms with Crippen LogP contribution in [-0.2, 0) is 5.41 Å². The van der Waals surface area contributed by atoms with Crippen LogP contribution in [0.25, 0.3) is 0 Å². The minimum atomic E-state index is -2.84. The van der Waals surface area contributed by atoms with Gasteiger partial charge in [0.05, 0.1) is 11.3 Å². The molecule has 0 aliphatic heterocycles. The number of halogens is 4. The Hall–Kier alpha value is -1.66. The molecule has 22 heavy (non-hydrogen) atoms. The van der Waals surface area contributed by atoms with Crippen molar-refractivity contribution in [3.05, 3.63) is 29.1 Å². The number of aromatic carboxylic acids is 1. The zero-order valence-electron chi connectivity index (χ0n) is 12.1. The lowest BCUT2D eigenvalue weighted by atomic mass is 9.77. The summed E-state index contributed by atoms with van der Waals surface area (Å²) in [6.07, 6.45) is -3.01. The molecule has 0 radical (unpaired) electrons. The van der Waals surface area contributed by atoms with Crippen LogP contribution in [0.2, 0.25) is 0 Å². The van der Waals surface area contributed by atoms with Crippen molar-refractivity contribution in [1.82, 2.24) is 4.98 Å². The zero-order valence-corrected chi connectivity index (χ0v) is 12.1. The Morgan fingerprint density at radius 3 is 2.50 bits per heavy atom. The van der Waals surface area contributed by atoms with Gasteiger partial charge in [0.1, 0.15) is 5.69 Å². The third kappa shape index (κ3) is 3.39. The molecule has 2 rings (SSSR count). The topological polar surface area (TPSA) is 50.2 Å². The molecule has 1 unspecified atom stereocenters. The minimum absolute atomic E-state index is 0.0139. The largest absolute Gasteiger partial charge is 0.478 e. The number of hydrogen-bond acceptors (Lipinski definition) is 2. The van der Waals surface area contributed by atoms with E-state index in [0.29, 0.717) is 6.42 Å². The van der Waals surface area contributed by atoms with Gasteiger partial charge in [-0.25, -0.2) is 22.4 Å². The van der Waals surface area contributed by atoms with Gasteiger partial charge in [0.15, 0.2) is 0 Å². The van der Waals surface area contributed by atoms with E-state index in [1.807, 2.05) is 0 Å². The number of nitrogens with zero attached hydrogens (tertiary/aromatic N) is 1. The third-order valence-corrected chi connectivity index (χ3v) is 4.26. The van der Waals surface area contributed by atoms with Crippen molar-refractivity contribution in [3.63, 3.8) is 0 Å². The second-order valence-corrected chi connectivity index (χ2v) is 6.01. The first kappa shape index (κ1) is 16.7. The molecule has 7 heteroatoms. The standard InChI is InChI=1S/C15H17F4NO2/c1-14(5-2-6-15(18,19)8-7-14)11-9(13(21)22)3-4-10(20-11)12(16)17/h3-4,12H,2,5-8H2,1H3,(H,21,22). The second kappa shape index (κ2) is 5.85. The molecule has 122 valence electrons. The van der Waals surface area contributed by atoms with Gasteiger partial charge in [0, 0.05) is 18.3 Å². The molecule has 0 saturated heterocycles. The highest BCUT2D eigenvalue weighted by Gasteiger charge is 2.41. The van der Waals surface area contributed by atoms with Gasteiger partial charge in [-0.3, -0.25) is 4.98 Å². The molecule has 3 nitrogen and oxygen atoms in total. The maximum atomic E-state index is 13.5. The van der Waals surface area contributed by atoms with Crippen molar-refractivity contribution < 1.29 is 27.5 Å². The van der Waals surface area contributed by atoms with Crippen LogP contribution in [0.15, 0.2) is 12.1 Å². The van der Waals surface area contributed by atoms with Gasteiger partial charge in [-0.2, -0.15) is 0 Å². The first-order valence-electron chi connectivity index (χ1n) is 7.05. The van der Waals surface area contributed by atoms with Crippen molar-refractivity contribution in [3.8, 4) is 0 Å². The fourth-order valence-corrected chi connectivity index (χ4v) is 2.91. The van der Waals surface area contributed by atoms with Crippen molar-refractivity contribution in [2.45, 2.75) is 56.8 Å². The molecule has 1 fully saturated rings. The van der Waals surface area contributed by atoms with Crippen LogP contribution in [0.5, 0.6) is 0 Å². The quantitative estimate of drug-likeness (QED) is 0.655. The summed E-state index contributed by atoms with van der Waals surface area (Å²) in [5, 5.41) is 9.24. The Kier molecular flexibility index (Phi) is 4.44. The highest BCUT2D eigenvalue weighted by Crippen LogP contribution is 2.43. The predicted octanol–water partition coefficient (Wildman–Crippen LogP) is 4.57. The smallest absolute Gasteiger partial charge is 0.337 e. The Morgan fingerprint density at radius 1 is 1.23 bits per heavy atom.